The third-order valence-electron chi connectivity index (χ3n) is 5.05. The molecular weight excluding hydrogens is 334 g/mol. The average molecular weight is 360 g/mol. The number of halogens is 1. The maximum atomic E-state index is 12.0. The molecule has 1 aliphatic carbocycles. The lowest BCUT2D eigenvalue weighted by atomic mass is 9.84. The van der Waals surface area contributed by atoms with Gasteiger partial charge in [0.2, 0.25) is 0 Å². The van der Waals surface area contributed by atoms with Crippen molar-refractivity contribution in [2.75, 3.05) is 11.9 Å². The molecule has 1 saturated carbocycles. The number of aryl methyl sites for hydroxylation is 1. The number of hydrogen-bond donors (Lipinski definition) is 2. The molecule has 1 fully saturated rings. The highest BCUT2D eigenvalue weighted by atomic mass is 35.5. The molecule has 2 atom stereocenters. The van der Waals surface area contributed by atoms with Crippen molar-refractivity contribution in [3.8, 4) is 0 Å². The molecule has 4 nitrogen and oxygen atoms in total. The van der Waals surface area contributed by atoms with E-state index in [2.05, 4.69) is 34.9 Å². The molecule has 1 aliphatic rings. The van der Waals surface area contributed by atoms with Crippen LogP contribution < -0.4 is 15.4 Å². The first-order chi connectivity index (χ1) is 12.1. The van der Waals surface area contributed by atoms with Crippen LogP contribution >= 0.6 is 11.6 Å². The predicted octanol–water partition coefficient (Wildman–Crippen LogP) is 4.04. The molecule has 3 rings (SSSR count). The highest BCUT2D eigenvalue weighted by molar-refractivity contribution is 6.31. The lowest BCUT2D eigenvalue weighted by Crippen LogP contribution is -2.42. The number of pyridine rings is 1. The van der Waals surface area contributed by atoms with E-state index in [1.54, 1.807) is 6.07 Å². The SMILES string of the molecule is Cc1c[n+]([O-])c(NCC2CCCCC2NCc2ccccc2)cc1Cl. The second-order valence-corrected chi connectivity index (χ2v) is 7.32. The van der Waals surface area contributed by atoms with Crippen LogP contribution in [-0.4, -0.2) is 12.6 Å². The zero-order valence-corrected chi connectivity index (χ0v) is 15.4. The van der Waals surface area contributed by atoms with E-state index in [1.165, 1.54) is 37.4 Å². The summed E-state index contributed by atoms with van der Waals surface area (Å²) in [6.07, 6.45) is 6.41. The van der Waals surface area contributed by atoms with Gasteiger partial charge in [0, 0.05) is 30.1 Å². The summed E-state index contributed by atoms with van der Waals surface area (Å²) in [5.41, 5.74) is 2.10. The van der Waals surface area contributed by atoms with Crippen LogP contribution in [0.5, 0.6) is 0 Å². The van der Waals surface area contributed by atoms with Gasteiger partial charge in [-0.1, -0.05) is 54.8 Å². The molecule has 0 saturated heterocycles. The second-order valence-electron chi connectivity index (χ2n) is 6.91. The molecule has 0 amide bonds. The van der Waals surface area contributed by atoms with Crippen LogP contribution in [0.4, 0.5) is 5.82 Å². The lowest BCUT2D eigenvalue weighted by Gasteiger charge is -2.31. The van der Waals surface area contributed by atoms with E-state index >= 15 is 0 Å². The fourth-order valence-corrected chi connectivity index (χ4v) is 3.69. The summed E-state index contributed by atoms with van der Waals surface area (Å²) in [4.78, 5) is 0. The summed E-state index contributed by atoms with van der Waals surface area (Å²) in [6, 6.07) is 12.7. The number of hydrogen-bond acceptors (Lipinski definition) is 3. The van der Waals surface area contributed by atoms with Crippen molar-refractivity contribution in [2.45, 2.75) is 45.2 Å². The van der Waals surface area contributed by atoms with Crippen molar-refractivity contribution in [1.29, 1.82) is 0 Å². The molecule has 1 aromatic carbocycles. The highest BCUT2D eigenvalue weighted by Gasteiger charge is 2.26. The van der Waals surface area contributed by atoms with Gasteiger partial charge >= 0.3 is 0 Å². The fourth-order valence-electron chi connectivity index (χ4n) is 3.53. The number of aromatic nitrogens is 1. The number of nitrogens with zero attached hydrogens (tertiary/aromatic N) is 1. The maximum absolute atomic E-state index is 12.0. The van der Waals surface area contributed by atoms with Crippen LogP contribution in [-0.2, 0) is 6.54 Å². The molecule has 2 N–H and O–H groups in total. The Bertz CT molecular complexity index is 693. The van der Waals surface area contributed by atoms with Crippen molar-refractivity contribution in [1.82, 2.24) is 5.32 Å². The molecule has 5 heteroatoms. The Kier molecular flexibility index (Phi) is 6.16. The van der Waals surface area contributed by atoms with E-state index in [0.29, 0.717) is 22.8 Å². The van der Waals surface area contributed by atoms with Crippen molar-refractivity contribution in [3.05, 3.63) is 64.0 Å². The van der Waals surface area contributed by atoms with E-state index in [-0.39, 0.29) is 0 Å². The van der Waals surface area contributed by atoms with Crippen LogP contribution in [0.3, 0.4) is 0 Å². The van der Waals surface area contributed by atoms with Crippen LogP contribution in [0.1, 0.15) is 36.8 Å². The minimum Gasteiger partial charge on any atom is -0.711 e. The van der Waals surface area contributed by atoms with E-state index in [0.717, 1.165) is 23.4 Å². The van der Waals surface area contributed by atoms with Crippen LogP contribution in [0.25, 0.3) is 0 Å². The van der Waals surface area contributed by atoms with Crippen molar-refractivity contribution in [2.24, 2.45) is 5.92 Å². The van der Waals surface area contributed by atoms with Gasteiger partial charge in [0.25, 0.3) is 5.82 Å². The molecule has 1 aromatic heterocycles. The lowest BCUT2D eigenvalue weighted by molar-refractivity contribution is -0.590. The van der Waals surface area contributed by atoms with Crippen LogP contribution in [0.15, 0.2) is 42.6 Å². The monoisotopic (exact) mass is 359 g/mol. The van der Waals surface area contributed by atoms with Crippen LogP contribution in [0, 0.1) is 18.0 Å². The van der Waals surface area contributed by atoms with Gasteiger partial charge in [-0.3, -0.25) is 5.32 Å². The fraction of sp³-hybridized carbons (Fsp3) is 0.450. The summed E-state index contributed by atoms with van der Waals surface area (Å²) < 4.78 is 0.871. The van der Waals surface area contributed by atoms with Crippen molar-refractivity contribution >= 4 is 17.4 Å². The predicted molar refractivity (Wildman–Crippen MR) is 103 cm³/mol. The Morgan fingerprint density at radius 1 is 1.20 bits per heavy atom. The van der Waals surface area contributed by atoms with Crippen molar-refractivity contribution in [3.63, 3.8) is 0 Å². The smallest absolute Gasteiger partial charge is 0.278 e. The largest absolute Gasteiger partial charge is 0.711 e. The minimum atomic E-state index is 0.475. The minimum absolute atomic E-state index is 0.475. The first-order valence-electron chi connectivity index (χ1n) is 9.04. The molecule has 0 radical (unpaired) electrons. The van der Waals surface area contributed by atoms with Gasteiger partial charge in [-0.2, -0.15) is 0 Å². The van der Waals surface area contributed by atoms with Gasteiger partial charge in [-0.25, -0.2) is 4.73 Å². The maximum Gasteiger partial charge on any atom is 0.278 e. The highest BCUT2D eigenvalue weighted by Crippen LogP contribution is 2.25. The third kappa shape index (κ3) is 4.86. The number of anilines is 1. The van der Waals surface area contributed by atoms with E-state index in [9.17, 15) is 5.21 Å². The topological polar surface area (TPSA) is 51.0 Å². The van der Waals surface area contributed by atoms with E-state index in [1.807, 2.05) is 13.0 Å². The Hall–Kier alpha value is -1.78. The summed E-state index contributed by atoms with van der Waals surface area (Å²) in [5, 5.41) is 19.7. The Morgan fingerprint density at radius 2 is 1.96 bits per heavy atom. The van der Waals surface area contributed by atoms with Gasteiger partial charge in [-0.05, 0) is 25.3 Å². The molecular formula is C20H26ClN3O. The molecule has 2 unspecified atom stereocenters. The van der Waals surface area contributed by atoms with Gasteiger partial charge < -0.3 is 10.5 Å². The third-order valence-corrected chi connectivity index (χ3v) is 5.46. The van der Waals surface area contributed by atoms with Crippen LogP contribution in [0.2, 0.25) is 5.02 Å². The zero-order valence-electron chi connectivity index (χ0n) is 14.7. The average Bonchev–Trinajstić information content (AvgIpc) is 2.63. The molecule has 1 heterocycles. The first-order valence-corrected chi connectivity index (χ1v) is 9.42. The second kappa shape index (κ2) is 8.54. The number of rotatable bonds is 6. The molecule has 0 bridgehead atoms. The van der Waals surface area contributed by atoms with Gasteiger partial charge in [0.15, 0.2) is 0 Å². The molecule has 134 valence electrons. The van der Waals surface area contributed by atoms with Crippen molar-refractivity contribution < 1.29 is 4.73 Å². The Balaban J connectivity index is 1.58. The summed E-state index contributed by atoms with van der Waals surface area (Å²) >= 11 is 6.15. The normalized spacial score (nSPS) is 20.4. The Morgan fingerprint density at radius 3 is 2.76 bits per heavy atom. The van der Waals surface area contributed by atoms with Gasteiger partial charge in [0.05, 0.1) is 17.8 Å². The molecule has 0 spiro atoms. The Labute approximate surface area is 154 Å². The van der Waals surface area contributed by atoms with Gasteiger partial charge in [0.1, 0.15) is 0 Å². The number of benzene rings is 1. The summed E-state index contributed by atoms with van der Waals surface area (Å²) in [5.74, 6) is 1.04. The van der Waals surface area contributed by atoms with Gasteiger partial charge in [-0.15, -0.1) is 0 Å². The standard InChI is InChI=1S/C20H26ClN3O/c1-15-14-24(25)20(11-18(15)21)23-13-17-9-5-6-10-19(17)22-12-16-7-3-2-4-8-16/h2-4,7-8,11,14,17,19,22-23H,5-6,9-10,12-13H2,1H3. The number of nitrogens with one attached hydrogen (secondary N) is 2. The molecule has 25 heavy (non-hydrogen) atoms. The zero-order chi connectivity index (χ0) is 17.6. The first kappa shape index (κ1) is 18.0. The van der Waals surface area contributed by atoms with E-state index < -0.39 is 0 Å². The molecule has 2 aromatic rings. The van der Waals surface area contributed by atoms with E-state index in [4.69, 9.17) is 11.6 Å². The molecule has 0 aliphatic heterocycles. The summed E-state index contributed by atoms with van der Waals surface area (Å²) in [7, 11) is 0. The summed E-state index contributed by atoms with van der Waals surface area (Å²) in [6.45, 7) is 3.51. The quantitative estimate of drug-likeness (QED) is 0.604.